The van der Waals surface area contributed by atoms with Gasteiger partial charge >= 0.3 is 5.97 Å². The van der Waals surface area contributed by atoms with Gasteiger partial charge in [-0.3, -0.25) is 9.59 Å². The molecule has 0 aromatic rings. The summed E-state index contributed by atoms with van der Waals surface area (Å²) in [4.78, 5) is 26.1. The van der Waals surface area contributed by atoms with E-state index in [9.17, 15) is 45.3 Å². The first-order valence-electron chi connectivity index (χ1n) is 17.7. The Kier molecular flexibility index (Phi) is 8.81. The lowest BCUT2D eigenvalue weighted by atomic mass is 9.33. The maximum absolute atomic E-state index is 14.5. The second-order valence-electron chi connectivity index (χ2n) is 17.3. The summed E-state index contributed by atoms with van der Waals surface area (Å²) in [5.41, 5.74) is -4.01. The van der Waals surface area contributed by atoms with E-state index >= 15 is 0 Å². The van der Waals surface area contributed by atoms with Crippen LogP contribution in [0.5, 0.6) is 0 Å². The summed E-state index contributed by atoms with van der Waals surface area (Å²) in [5, 5.41) is 75.7. The molecule has 1 aliphatic heterocycles. The van der Waals surface area contributed by atoms with Gasteiger partial charge in [-0.15, -0.1) is 0 Å². The van der Waals surface area contributed by atoms with Crippen LogP contribution in [-0.2, 0) is 23.8 Å². The Morgan fingerprint density at radius 1 is 0.958 bits per heavy atom. The van der Waals surface area contributed by atoms with E-state index in [4.69, 9.17) is 14.2 Å². The van der Waals surface area contributed by atoms with Crippen LogP contribution in [0.3, 0.4) is 0 Å². The molecule has 1 heterocycles. The summed E-state index contributed by atoms with van der Waals surface area (Å²) in [6, 6.07) is 0. The fourth-order valence-electron chi connectivity index (χ4n) is 12.2. The molecular formula is C36H56O12. The molecule has 48 heavy (non-hydrogen) atoms. The van der Waals surface area contributed by atoms with Gasteiger partial charge < -0.3 is 50.0 Å². The van der Waals surface area contributed by atoms with Crippen LogP contribution >= 0.6 is 0 Å². The molecular weight excluding hydrogens is 624 g/mol. The van der Waals surface area contributed by atoms with E-state index in [1.54, 1.807) is 13.8 Å². The standard InChI is InChI=1S/C36H56O12/c1-18-9-12-36(30(44)48-29-26(42)25(41)24(40)21(16-37)47-29)14-13-32(3)19(27(36)34(18,5)45)7-8-22-31(2)15-20(39)28(43)35(6,46-17-38)23(31)10-11-33(22,32)4/h7,17-18,20-29,37,39-43,45H,8-16H2,1-6H3/t18-,20-,21?,22?,23?,24?,25?,26?,27?,28+,29?,31-,32-,33-,34-,35+,36+/m1/s1. The number of aliphatic hydroxyl groups excluding tert-OH is 6. The molecule has 0 amide bonds. The topological polar surface area (TPSA) is 203 Å². The average molecular weight is 681 g/mol. The zero-order valence-electron chi connectivity index (χ0n) is 29.0. The first-order chi connectivity index (χ1) is 22.3. The van der Waals surface area contributed by atoms with E-state index in [0.717, 1.165) is 12.0 Å². The highest BCUT2D eigenvalue weighted by Gasteiger charge is 2.73. The molecule has 0 aromatic heterocycles. The molecule has 8 unspecified atom stereocenters. The number of hydrogen-bond acceptors (Lipinski definition) is 12. The number of allylic oxidation sites excluding steroid dienone is 1. The number of rotatable bonds is 5. The van der Waals surface area contributed by atoms with E-state index in [0.29, 0.717) is 51.4 Å². The van der Waals surface area contributed by atoms with E-state index in [1.807, 2.05) is 6.92 Å². The number of esters is 1. The van der Waals surface area contributed by atoms with Crippen LogP contribution in [0.15, 0.2) is 11.6 Å². The van der Waals surface area contributed by atoms with Crippen molar-refractivity contribution in [2.45, 2.75) is 147 Å². The Morgan fingerprint density at radius 2 is 1.65 bits per heavy atom. The summed E-state index contributed by atoms with van der Waals surface area (Å²) >= 11 is 0. The van der Waals surface area contributed by atoms with Crippen LogP contribution < -0.4 is 0 Å². The molecule has 0 aromatic carbocycles. The Labute approximate surface area is 282 Å². The molecule has 6 rings (SSSR count). The number of fused-ring (bicyclic) bond motifs is 7. The van der Waals surface area contributed by atoms with E-state index in [2.05, 4.69) is 26.8 Å². The van der Waals surface area contributed by atoms with Crippen LogP contribution in [-0.4, -0.2) is 109 Å². The van der Waals surface area contributed by atoms with Crippen molar-refractivity contribution in [2.24, 2.45) is 45.3 Å². The van der Waals surface area contributed by atoms with Gasteiger partial charge in [0.05, 0.1) is 23.7 Å². The van der Waals surface area contributed by atoms with Crippen molar-refractivity contribution < 1.29 is 59.5 Å². The van der Waals surface area contributed by atoms with Gasteiger partial charge in [-0.25, -0.2) is 0 Å². The smallest absolute Gasteiger partial charge is 0.315 e. The predicted molar refractivity (Wildman–Crippen MR) is 169 cm³/mol. The predicted octanol–water partition coefficient (Wildman–Crippen LogP) is 1.34. The highest BCUT2D eigenvalue weighted by Crippen LogP contribution is 2.75. The minimum absolute atomic E-state index is 0.0359. The maximum Gasteiger partial charge on any atom is 0.315 e. The van der Waals surface area contributed by atoms with Gasteiger partial charge in [0.25, 0.3) is 6.47 Å². The van der Waals surface area contributed by atoms with Gasteiger partial charge in [-0.2, -0.15) is 0 Å². The summed E-state index contributed by atoms with van der Waals surface area (Å²) in [5.74, 6) is -1.58. The molecule has 6 aliphatic rings. The monoisotopic (exact) mass is 680 g/mol. The maximum atomic E-state index is 14.5. The van der Waals surface area contributed by atoms with Crippen molar-refractivity contribution in [3.63, 3.8) is 0 Å². The molecule has 0 radical (unpaired) electrons. The Morgan fingerprint density at radius 3 is 2.29 bits per heavy atom. The molecule has 17 atom stereocenters. The summed E-state index contributed by atoms with van der Waals surface area (Å²) in [7, 11) is 0. The molecule has 12 nitrogen and oxygen atoms in total. The quantitative estimate of drug-likeness (QED) is 0.125. The number of aliphatic hydroxyl groups is 7. The second kappa shape index (κ2) is 11.7. The van der Waals surface area contributed by atoms with E-state index in [-0.39, 0.29) is 23.2 Å². The molecule has 5 aliphatic carbocycles. The van der Waals surface area contributed by atoms with Crippen LogP contribution in [0.1, 0.15) is 92.9 Å². The third-order valence-electron chi connectivity index (χ3n) is 15.4. The Bertz CT molecular complexity index is 1320. The molecule has 0 bridgehead atoms. The van der Waals surface area contributed by atoms with Gasteiger partial charge in [0.15, 0.2) is 0 Å². The molecule has 1 saturated heterocycles. The van der Waals surface area contributed by atoms with Gasteiger partial charge in [0.2, 0.25) is 6.29 Å². The summed E-state index contributed by atoms with van der Waals surface area (Å²) < 4.78 is 17.0. The number of carbonyl (C=O) groups excluding carboxylic acids is 2. The first-order valence-corrected chi connectivity index (χ1v) is 17.7. The lowest BCUT2D eigenvalue weighted by Gasteiger charge is -2.71. The molecule has 0 spiro atoms. The lowest BCUT2D eigenvalue weighted by molar-refractivity contribution is -0.299. The van der Waals surface area contributed by atoms with Gasteiger partial charge in [0, 0.05) is 11.8 Å². The van der Waals surface area contributed by atoms with Crippen LogP contribution in [0.25, 0.3) is 0 Å². The molecule has 5 fully saturated rings. The van der Waals surface area contributed by atoms with Crippen molar-refractivity contribution in [3.05, 3.63) is 11.6 Å². The fourth-order valence-corrected chi connectivity index (χ4v) is 12.2. The fraction of sp³-hybridized carbons (Fsp3) is 0.889. The van der Waals surface area contributed by atoms with Crippen LogP contribution in [0, 0.1) is 45.3 Å². The van der Waals surface area contributed by atoms with Crippen molar-refractivity contribution in [3.8, 4) is 0 Å². The molecule has 12 heteroatoms. The SMILES string of the molecule is C[C@@H]1CC[C@]2(C(=O)OC3OC(CO)C(O)C(O)C3O)CC[C@]3(C)C(=CCC4[C@@]5(C)C[C@@H](O)[C@H](O)[C@@](C)(OC=O)C5CC[C@]43C)C2[C@]1(C)O. The average Bonchev–Trinajstić information content (AvgIpc) is 3.02. The van der Waals surface area contributed by atoms with Crippen molar-refractivity contribution in [1.29, 1.82) is 0 Å². The van der Waals surface area contributed by atoms with Crippen molar-refractivity contribution >= 4 is 12.4 Å². The highest BCUT2D eigenvalue weighted by molar-refractivity contribution is 5.79. The lowest BCUT2D eigenvalue weighted by Crippen LogP contribution is -2.71. The van der Waals surface area contributed by atoms with Crippen LogP contribution in [0.4, 0.5) is 0 Å². The second-order valence-corrected chi connectivity index (χ2v) is 17.3. The minimum Gasteiger partial charge on any atom is -0.458 e. The van der Waals surface area contributed by atoms with Gasteiger partial charge in [-0.05, 0) is 93.3 Å². The first kappa shape index (κ1) is 36.2. The summed E-state index contributed by atoms with van der Waals surface area (Å²) in [6.07, 6.45) is -3.62. The number of carbonyl (C=O) groups is 2. The van der Waals surface area contributed by atoms with Gasteiger partial charge in [-0.1, -0.05) is 39.3 Å². The zero-order chi connectivity index (χ0) is 35.4. The molecule has 4 saturated carbocycles. The zero-order valence-corrected chi connectivity index (χ0v) is 29.0. The third-order valence-corrected chi connectivity index (χ3v) is 15.4. The van der Waals surface area contributed by atoms with Crippen LogP contribution in [0.2, 0.25) is 0 Å². The normalized spacial score (nSPS) is 56.4. The molecule has 272 valence electrons. The molecule has 7 N–H and O–H groups in total. The Hall–Kier alpha value is -1.64. The minimum atomic E-state index is -1.73. The number of ether oxygens (including phenoxy) is 3. The van der Waals surface area contributed by atoms with E-state index < -0.39 is 88.9 Å². The third kappa shape index (κ3) is 4.62. The summed E-state index contributed by atoms with van der Waals surface area (Å²) in [6.45, 7) is 11.9. The largest absolute Gasteiger partial charge is 0.458 e. The van der Waals surface area contributed by atoms with Crippen molar-refractivity contribution in [1.82, 2.24) is 0 Å². The Balaban J connectivity index is 1.40. The highest BCUT2D eigenvalue weighted by atomic mass is 16.7. The van der Waals surface area contributed by atoms with Crippen molar-refractivity contribution in [2.75, 3.05) is 6.61 Å². The van der Waals surface area contributed by atoms with Gasteiger partial charge in [0.1, 0.15) is 36.1 Å². The van der Waals surface area contributed by atoms with E-state index in [1.165, 1.54) is 0 Å². The number of hydrogen-bond donors (Lipinski definition) is 7.